The van der Waals surface area contributed by atoms with Crippen molar-refractivity contribution in [2.45, 2.75) is 19.4 Å². The van der Waals surface area contributed by atoms with Crippen LogP contribution in [0.3, 0.4) is 0 Å². The van der Waals surface area contributed by atoms with Crippen LogP contribution >= 0.6 is 0 Å². The van der Waals surface area contributed by atoms with Crippen LogP contribution in [0.1, 0.15) is 19.4 Å². The van der Waals surface area contributed by atoms with Gasteiger partial charge in [0.2, 0.25) is 0 Å². The normalized spacial score (nSPS) is 17.6. The second-order valence-corrected chi connectivity index (χ2v) is 5.46. The summed E-state index contributed by atoms with van der Waals surface area (Å²) in [5, 5.41) is 3.37. The molecule has 0 amide bonds. The molecule has 0 atom stereocenters. The molecule has 1 aromatic rings. The number of nitrogens with two attached hydrogens (primary N) is 1. The molecule has 108 valence electrons. The average Bonchev–Trinajstić information content (AvgIpc) is 2.81. The summed E-state index contributed by atoms with van der Waals surface area (Å²) in [6, 6.07) is 7.56. The highest BCUT2D eigenvalue weighted by atomic mass is 19.1. The number of nitrogens with one attached hydrogen (secondary N) is 1. The highest BCUT2D eigenvalue weighted by molar-refractivity contribution is 6.00. The Hall–Kier alpha value is -1.88. The molecule has 0 spiro atoms. The summed E-state index contributed by atoms with van der Waals surface area (Å²) in [7, 11) is 0. The number of amidine groups is 1. The number of ether oxygens (including phenoxy) is 1. The molecule has 1 aliphatic heterocycles. The van der Waals surface area contributed by atoms with Gasteiger partial charge in [0, 0.05) is 17.7 Å². The number of hydrogen-bond acceptors (Lipinski definition) is 4. The lowest BCUT2D eigenvalue weighted by Crippen LogP contribution is -2.39. The van der Waals surface area contributed by atoms with Crippen LogP contribution in [-0.2, 0) is 0 Å². The minimum atomic E-state index is 0.00640. The summed E-state index contributed by atoms with van der Waals surface area (Å²) in [5.41, 5.74) is 6.82. The monoisotopic (exact) mass is 277 g/mol. The van der Waals surface area contributed by atoms with Gasteiger partial charge < -0.3 is 15.8 Å². The maximum absolute atomic E-state index is 12.4. The topological polar surface area (TPSA) is 59.6 Å². The Morgan fingerprint density at radius 1 is 1.45 bits per heavy atom. The summed E-state index contributed by atoms with van der Waals surface area (Å²) in [4.78, 5) is 4.48. The van der Waals surface area contributed by atoms with Gasteiger partial charge >= 0.3 is 0 Å². The van der Waals surface area contributed by atoms with Crippen LogP contribution in [0.5, 0.6) is 5.75 Å². The molecule has 20 heavy (non-hydrogen) atoms. The Labute approximate surface area is 118 Å². The smallest absolute Gasteiger partial charge is 0.128 e. The molecule has 1 aromatic carbocycles. The van der Waals surface area contributed by atoms with Gasteiger partial charge in [0.15, 0.2) is 0 Å². The number of hydrogen-bond donors (Lipinski definition) is 2. The van der Waals surface area contributed by atoms with Crippen molar-refractivity contribution in [2.24, 2.45) is 10.7 Å². The van der Waals surface area contributed by atoms with Crippen molar-refractivity contribution in [1.29, 1.82) is 0 Å². The van der Waals surface area contributed by atoms with Crippen LogP contribution in [0.4, 0.5) is 4.39 Å². The van der Waals surface area contributed by atoms with Crippen LogP contribution in [0.15, 0.2) is 41.2 Å². The SMILES string of the molecule is CC1(C)CN=C(c2ccc(OC/C(=C/F)CN)cc2)N1. The van der Waals surface area contributed by atoms with E-state index in [1.165, 1.54) is 0 Å². The van der Waals surface area contributed by atoms with Crippen molar-refractivity contribution in [3.8, 4) is 5.75 Å². The predicted molar refractivity (Wildman–Crippen MR) is 78.8 cm³/mol. The van der Waals surface area contributed by atoms with E-state index in [-0.39, 0.29) is 18.7 Å². The Bertz CT molecular complexity index is 520. The van der Waals surface area contributed by atoms with Crippen molar-refractivity contribution in [3.05, 3.63) is 41.7 Å². The zero-order chi connectivity index (χ0) is 14.6. The molecule has 0 unspecified atom stereocenters. The van der Waals surface area contributed by atoms with Gasteiger partial charge in [-0.05, 0) is 38.1 Å². The van der Waals surface area contributed by atoms with Crippen molar-refractivity contribution >= 4 is 5.84 Å². The highest BCUT2D eigenvalue weighted by Gasteiger charge is 2.25. The molecule has 5 heteroatoms. The van der Waals surface area contributed by atoms with Crippen molar-refractivity contribution in [1.82, 2.24) is 5.32 Å². The standard InChI is InChI=1S/C15H20FN3O/c1-15(2)10-18-14(19-15)12-3-5-13(6-4-12)20-9-11(7-16)8-17/h3-7H,8-10,17H2,1-2H3,(H,18,19)/b11-7+. The summed E-state index contributed by atoms with van der Waals surface area (Å²) in [5.74, 6) is 1.58. The van der Waals surface area contributed by atoms with Crippen molar-refractivity contribution < 1.29 is 9.13 Å². The molecule has 0 radical (unpaired) electrons. The van der Waals surface area contributed by atoms with Crippen molar-refractivity contribution in [2.75, 3.05) is 19.7 Å². The molecule has 0 fully saturated rings. The first kappa shape index (κ1) is 14.5. The lowest BCUT2D eigenvalue weighted by molar-refractivity contribution is 0.347. The van der Waals surface area contributed by atoms with E-state index in [4.69, 9.17) is 10.5 Å². The summed E-state index contributed by atoms with van der Waals surface area (Å²) < 4.78 is 17.8. The number of aliphatic imine (C=N–C) groups is 1. The Morgan fingerprint density at radius 3 is 2.65 bits per heavy atom. The number of halogens is 1. The van der Waals surface area contributed by atoms with E-state index in [2.05, 4.69) is 24.2 Å². The third kappa shape index (κ3) is 3.57. The molecule has 1 aliphatic rings. The summed E-state index contributed by atoms with van der Waals surface area (Å²) in [6.45, 7) is 5.31. The Morgan fingerprint density at radius 2 is 2.15 bits per heavy atom. The third-order valence-electron chi connectivity index (χ3n) is 3.06. The van der Waals surface area contributed by atoms with Gasteiger partial charge in [-0.25, -0.2) is 4.39 Å². The van der Waals surface area contributed by atoms with Crippen LogP contribution in [-0.4, -0.2) is 31.1 Å². The van der Waals surface area contributed by atoms with Crippen molar-refractivity contribution in [3.63, 3.8) is 0 Å². The van der Waals surface area contributed by atoms with Gasteiger partial charge in [0.05, 0.1) is 18.4 Å². The fourth-order valence-corrected chi connectivity index (χ4v) is 1.86. The molecule has 1 heterocycles. The molecule has 2 rings (SSSR count). The summed E-state index contributed by atoms with van der Waals surface area (Å²) in [6.07, 6.45) is 0.494. The molecule has 0 aromatic heterocycles. The predicted octanol–water partition coefficient (Wildman–Crippen LogP) is 2.01. The quantitative estimate of drug-likeness (QED) is 0.865. The van der Waals surface area contributed by atoms with E-state index in [1.807, 2.05) is 24.3 Å². The van der Waals surface area contributed by atoms with E-state index >= 15 is 0 Å². The van der Waals surface area contributed by atoms with Crippen LogP contribution in [0.25, 0.3) is 0 Å². The maximum Gasteiger partial charge on any atom is 0.128 e. The van der Waals surface area contributed by atoms with E-state index in [0.717, 1.165) is 17.9 Å². The van der Waals surface area contributed by atoms with E-state index in [1.54, 1.807) is 0 Å². The second-order valence-electron chi connectivity index (χ2n) is 5.46. The van der Waals surface area contributed by atoms with Gasteiger partial charge in [0.1, 0.15) is 18.2 Å². The third-order valence-corrected chi connectivity index (χ3v) is 3.06. The molecular weight excluding hydrogens is 257 g/mol. The lowest BCUT2D eigenvalue weighted by atomic mass is 10.1. The number of nitrogens with zero attached hydrogens (tertiary/aromatic N) is 1. The molecule has 3 N–H and O–H groups in total. The molecular formula is C15H20FN3O. The average molecular weight is 277 g/mol. The molecule has 0 saturated heterocycles. The first-order valence-electron chi connectivity index (χ1n) is 6.58. The van der Waals surface area contributed by atoms with Gasteiger partial charge in [-0.3, -0.25) is 4.99 Å². The lowest BCUT2D eigenvalue weighted by Gasteiger charge is -2.18. The van der Waals surface area contributed by atoms with Gasteiger partial charge in [-0.15, -0.1) is 0 Å². The Kier molecular flexibility index (Phi) is 4.39. The highest BCUT2D eigenvalue weighted by Crippen LogP contribution is 2.17. The fraction of sp³-hybridized carbons (Fsp3) is 0.400. The fourth-order valence-electron chi connectivity index (χ4n) is 1.86. The van der Waals surface area contributed by atoms with Gasteiger partial charge in [0.25, 0.3) is 0 Å². The van der Waals surface area contributed by atoms with Crippen LogP contribution in [0.2, 0.25) is 0 Å². The number of benzene rings is 1. The molecule has 0 aliphatic carbocycles. The van der Waals surface area contributed by atoms with Crippen LogP contribution < -0.4 is 15.8 Å². The minimum absolute atomic E-state index is 0.00640. The zero-order valence-corrected chi connectivity index (χ0v) is 11.8. The maximum atomic E-state index is 12.4. The summed E-state index contributed by atoms with van der Waals surface area (Å²) >= 11 is 0. The van der Waals surface area contributed by atoms with E-state index < -0.39 is 0 Å². The minimum Gasteiger partial charge on any atom is -0.489 e. The van der Waals surface area contributed by atoms with Gasteiger partial charge in [-0.2, -0.15) is 0 Å². The molecule has 4 nitrogen and oxygen atoms in total. The van der Waals surface area contributed by atoms with E-state index in [9.17, 15) is 4.39 Å². The zero-order valence-electron chi connectivity index (χ0n) is 11.8. The molecule has 0 bridgehead atoms. The molecule has 0 saturated carbocycles. The first-order valence-corrected chi connectivity index (χ1v) is 6.58. The Balaban J connectivity index is 1.97. The van der Waals surface area contributed by atoms with Crippen LogP contribution in [0, 0.1) is 0 Å². The van der Waals surface area contributed by atoms with E-state index in [0.29, 0.717) is 17.7 Å². The van der Waals surface area contributed by atoms with Gasteiger partial charge in [-0.1, -0.05) is 0 Å². The first-order chi connectivity index (χ1) is 9.54. The number of rotatable bonds is 5. The largest absolute Gasteiger partial charge is 0.489 e. The second kappa shape index (κ2) is 6.05.